The predicted octanol–water partition coefficient (Wildman–Crippen LogP) is 0.0321. The van der Waals surface area contributed by atoms with E-state index in [0.29, 0.717) is 0 Å². The van der Waals surface area contributed by atoms with Gasteiger partial charge in [-0.25, -0.2) is 26.3 Å². The van der Waals surface area contributed by atoms with Crippen LogP contribution in [-0.2, 0) is 20.0 Å². The fraction of sp³-hybridized carbons (Fsp3) is 0.455. The van der Waals surface area contributed by atoms with Crippen molar-refractivity contribution in [1.82, 2.24) is 9.44 Å². The van der Waals surface area contributed by atoms with Crippen molar-refractivity contribution in [1.29, 1.82) is 0 Å². The van der Waals surface area contributed by atoms with Gasteiger partial charge in [0.15, 0.2) is 0 Å². The average molecular weight is 358 g/mol. The molecule has 21 heavy (non-hydrogen) atoms. The summed E-state index contributed by atoms with van der Waals surface area (Å²) in [4.78, 5) is -0.0186. The minimum Gasteiger partial charge on any atom is -0.324 e. The molecule has 0 heterocycles. The number of hydrogen-bond acceptors (Lipinski definition) is 5. The van der Waals surface area contributed by atoms with Gasteiger partial charge in [-0.1, -0.05) is 0 Å². The maximum absolute atomic E-state index is 12.0. The van der Waals surface area contributed by atoms with E-state index in [-0.39, 0.29) is 28.7 Å². The molecule has 0 aliphatic heterocycles. The topological polar surface area (TPSA) is 118 Å². The molecule has 0 spiro atoms. The van der Waals surface area contributed by atoms with Crippen LogP contribution in [0.15, 0.2) is 34.1 Å². The highest BCUT2D eigenvalue weighted by Crippen LogP contribution is 2.14. The largest absolute Gasteiger partial charge is 0.324 e. The molecule has 122 valence electrons. The summed E-state index contributed by atoms with van der Waals surface area (Å²) < 4.78 is 51.5. The number of nitrogens with one attached hydrogen (secondary N) is 2. The smallest absolute Gasteiger partial charge is 0.240 e. The van der Waals surface area contributed by atoms with Crippen LogP contribution in [-0.4, -0.2) is 36.0 Å². The van der Waals surface area contributed by atoms with Gasteiger partial charge in [0.1, 0.15) is 0 Å². The van der Waals surface area contributed by atoms with Crippen LogP contribution in [0.4, 0.5) is 0 Å². The third-order valence-corrected chi connectivity index (χ3v) is 5.28. The molecule has 0 fully saturated rings. The number of hydrogen-bond donors (Lipinski definition) is 3. The SMILES string of the molecule is CNS(=O)(=O)c1ccc(S(=O)(=O)NCC(C)(C)N)cc1.Cl. The van der Waals surface area contributed by atoms with Crippen molar-refractivity contribution in [2.24, 2.45) is 5.73 Å². The molecule has 0 radical (unpaired) electrons. The quantitative estimate of drug-likeness (QED) is 0.663. The summed E-state index contributed by atoms with van der Waals surface area (Å²) in [5, 5.41) is 0. The molecule has 0 amide bonds. The van der Waals surface area contributed by atoms with Crippen LogP contribution in [0, 0.1) is 0 Å². The molecule has 0 saturated heterocycles. The minimum atomic E-state index is -3.71. The van der Waals surface area contributed by atoms with Gasteiger partial charge in [-0.05, 0) is 45.2 Å². The molecular weight excluding hydrogens is 338 g/mol. The third-order valence-electron chi connectivity index (χ3n) is 2.43. The Bertz CT molecular complexity index is 664. The highest BCUT2D eigenvalue weighted by molar-refractivity contribution is 7.90. The first-order valence-electron chi connectivity index (χ1n) is 5.80. The van der Waals surface area contributed by atoms with Crippen molar-refractivity contribution in [3.05, 3.63) is 24.3 Å². The van der Waals surface area contributed by atoms with Crippen LogP contribution in [0.5, 0.6) is 0 Å². The Morgan fingerprint density at radius 3 is 1.71 bits per heavy atom. The van der Waals surface area contributed by atoms with E-state index < -0.39 is 25.6 Å². The van der Waals surface area contributed by atoms with E-state index in [1.807, 2.05) is 0 Å². The van der Waals surface area contributed by atoms with E-state index in [2.05, 4.69) is 9.44 Å². The maximum Gasteiger partial charge on any atom is 0.240 e. The van der Waals surface area contributed by atoms with Crippen LogP contribution in [0.3, 0.4) is 0 Å². The van der Waals surface area contributed by atoms with Gasteiger partial charge in [0.2, 0.25) is 20.0 Å². The molecule has 1 aromatic carbocycles. The van der Waals surface area contributed by atoms with E-state index in [1.54, 1.807) is 13.8 Å². The summed E-state index contributed by atoms with van der Waals surface area (Å²) in [6, 6.07) is 4.92. The zero-order valence-electron chi connectivity index (χ0n) is 12.0. The van der Waals surface area contributed by atoms with Crippen molar-refractivity contribution < 1.29 is 16.8 Å². The van der Waals surface area contributed by atoms with Crippen molar-refractivity contribution in [2.75, 3.05) is 13.6 Å². The molecule has 0 atom stereocenters. The zero-order chi connectivity index (χ0) is 15.6. The first-order chi connectivity index (χ1) is 8.98. The van der Waals surface area contributed by atoms with Crippen LogP contribution in [0.1, 0.15) is 13.8 Å². The van der Waals surface area contributed by atoms with Gasteiger partial charge < -0.3 is 5.73 Å². The van der Waals surface area contributed by atoms with E-state index in [0.717, 1.165) is 0 Å². The van der Waals surface area contributed by atoms with Crippen LogP contribution in [0.25, 0.3) is 0 Å². The van der Waals surface area contributed by atoms with Gasteiger partial charge >= 0.3 is 0 Å². The van der Waals surface area contributed by atoms with Crippen molar-refractivity contribution in [3.8, 4) is 0 Å². The van der Waals surface area contributed by atoms with E-state index in [9.17, 15) is 16.8 Å². The lowest BCUT2D eigenvalue weighted by molar-refractivity contribution is 0.498. The highest BCUT2D eigenvalue weighted by Gasteiger charge is 2.19. The molecule has 1 rings (SSSR count). The zero-order valence-corrected chi connectivity index (χ0v) is 14.4. The Kier molecular flexibility index (Phi) is 6.80. The Hall–Kier alpha value is -0.710. The minimum absolute atomic E-state index is 0. The molecular formula is C11H20ClN3O4S2. The molecule has 1 aromatic rings. The van der Waals surface area contributed by atoms with Gasteiger partial charge in [-0.15, -0.1) is 12.4 Å². The molecule has 10 heteroatoms. The normalized spacial score (nSPS) is 12.8. The summed E-state index contributed by atoms with van der Waals surface area (Å²) in [7, 11) is -6.01. The lowest BCUT2D eigenvalue weighted by Gasteiger charge is -2.19. The molecule has 7 nitrogen and oxygen atoms in total. The third kappa shape index (κ3) is 5.89. The van der Waals surface area contributed by atoms with Crippen molar-refractivity contribution in [2.45, 2.75) is 29.2 Å². The Morgan fingerprint density at radius 1 is 1.00 bits per heavy atom. The second kappa shape index (κ2) is 7.03. The van der Waals surface area contributed by atoms with Crippen molar-refractivity contribution in [3.63, 3.8) is 0 Å². The summed E-state index contributed by atoms with van der Waals surface area (Å²) in [5.41, 5.74) is 5.03. The van der Waals surface area contributed by atoms with Gasteiger partial charge in [0, 0.05) is 12.1 Å². The van der Waals surface area contributed by atoms with Gasteiger partial charge in [-0.2, -0.15) is 0 Å². The second-order valence-corrected chi connectivity index (χ2v) is 8.65. The molecule has 0 unspecified atom stereocenters. The van der Waals surface area contributed by atoms with Crippen molar-refractivity contribution >= 4 is 32.5 Å². The van der Waals surface area contributed by atoms with Gasteiger partial charge in [0.25, 0.3) is 0 Å². The number of rotatable bonds is 6. The molecule has 0 bridgehead atoms. The summed E-state index contributed by atoms with van der Waals surface area (Å²) >= 11 is 0. The van der Waals surface area contributed by atoms with E-state index in [4.69, 9.17) is 5.73 Å². The Morgan fingerprint density at radius 2 is 1.38 bits per heavy atom. The Labute approximate surface area is 131 Å². The molecule has 0 saturated carbocycles. The summed E-state index contributed by atoms with van der Waals surface area (Å²) in [6.45, 7) is 3.46. The van der Waals surface area contributed by atoms with E-state index in [1.165, 1.54) is 31.3 Å². The second-order valence-electron chi connectivity index (χ2n) is 4.99. The first kappa shape index (κ1) is 20.3. The summed E-state index contributed by atoms with van der Waals surface area (Å²) in [6.07, 6.45) is 0. The molecule has 0 aliphatic carbocycles. The predicted molar refractivity (Wildman–Crippen MR) is 83.4 cm³/mol. The molecule has 0 aliphatic rings. The van der Waals surface area contributed by atoms with Crippen LogP contribution in [0.2, 0.25) is 0 Å². The van der Waals surface area contributed by atoms with Gasteiger partial charge in [-0.3, -0.25) is 0 Å². The number of nitrogens with two attached hydrogens (primary N) is 1. The first-order valence-corrected chi connectivity index (χ1v) is 8.77. The Balaban J connectivity index is 0.00000400. The van der Waals surface area contributed by atoms with E-state index >= 15 is 0 Å². The fourth-order valence-corrected chi connectivity index (χ4v) is 3.23. The highest BCUT2D eigenvalue weighted by atomic mass is 35.5. The maximum atomic E-state index is 12.0. The molecule has 4 N–H and O–H groups in total. The van der Waals surface area contributed by atoms with Gasteiger partial charge in [0.05, 0.1) is 9.79 Å². The lowest BCUT2D eigenvalue weighted by Crippen LogP contribution is -2.45. The number of halogens is 1. The lowest BCUT2D eigenvalue weighted by atomic mass is 10.1. The monoisotopic (exact) mass is 357 g/mol. The summed E-state index contributed by atoms with van der Waals surface area (Å²) in [5.74, 6) is 0. The average Bonchev–Trinajstić information content (AvgIpc) is 2.36. The number of sulfonamides is 2. The standard InChI is InChI=1S/C11H19N3O4S2.ClH/c1-11(2,12)8-14-20(17,18)10-6-4-9(5-7-10)19(15,16)13-3;/h4-7,13-14H,8,12H2,1-3H3;1H. The van der Waals surface area contributed by atoms with Crippen LogP contribution >= 0.6 is 12.4 Å². The molecule has 0 aromatic heterocycles. The fourth-order valence-electron chi connectivity index (χ4n) is 1.28. The number of benzene rings is 1. The van der Waals surface area contributed by atoms with Crippen LogP contribution < -0.4 is 15.2 Å².